The molecule has 0 radical (unpaired) electrons. The second kappa shape index (κ2) is 9.09. The lowest BCUT2D eigenvalue weighted by atomic mass is 10.0. The van der Waals surface area contributed by atoms with Crippen LogP contribution in [-0.2, 0) is 17.6 Å². The van der Waals surface area contributed by atoms with E-state index in [9.17, 15) is 9.59 Å². The van der Waals surface area contributed by atoms with Gasteiger partial charge in [-0.05, 0) is 47.3 Å². The molecule has 164 valence electrons. The van der Waals surface area contributed by atoms with E-state index in [1.54, 1.807) is 31.2 Å². The Hall–Kier alpha value is -3.87. The lowest BCUT2D eigenvalue weighted by Crippen LogP contribution is -2.09. The quantitative estimate of drug-likeness (QED) is 0.303. The normalized spacial score (nSPS) is 13.7. The summed E-state index contributed by atoms with van der Waals surface area (Å²) in [6.45, 7) is 3.88. The van der Waals surface area contributed by atoms with Crippen molar-refractivity contribution in [3.05, 3.63) is 76.2 Å². The second-order valence-corrected chi connectivity index (χ2v) is 7.46. The third-order valence-electron chi connectivity index (χ3n) is 5.18. The molecule has 0 fully saturated rings. The van der Waals surface area contributed by atoms with Gasteiger partial charge in [-0.1, -0.05) is 31.2 Å². The van der Waals surface area contributed by atoms with Crippen molar-refractivity contribution in [3.63, 3.8) is 0 Å². The molecule has 7 nitrogen and oxygen atoms in total. The van der Waals surface area contributed by atoms with Gasteiger partial charge >= 0.3 is 5.97 Å². The van der Waals surface area contributed by atoms with Gasteiger partial charge in [-0.2, -0.15) is 0 Å². The molecule has 0 atom stereocenters. The molecular formula is C25H23NO6. The number of nitrogens with zero attached hydrogens (tertiary/aromatic N) is 1. The van der Waals surface area contributed by atoms with Crippen LogP contribution in [0.1, 0.15) is 46.2 Å². The third-order valence-corrected chi connectivity index (χ3v) is 5.18. The maximum absolute atomic E-state index is 12.8. The van der Waals surface area contributed by atoms with Crippen molar-refractivity contribution in [1.29, 1.82) is 0 Å². The van der Waals surface area contributed by atoms with E-state index >= 15 is 0 Å². The van der Waals surface area contributed by atoms with Crippen LogP contribution in [0.5, 0.6) is 17.4 Å². The number of rotatable bonds is 7. The van der Waals surface area contributed by atoms with E-state index in [0.29, 0.717) is 40.7 Å². The molecule has 4 rings (SSSR count). The SMILES string of the molecule is CCc1ccc(/C=C2\Oc3cc(OC(=O)CCc4cc(OC)no4)cc(C)c3C2=O)cc1. The molecule has 1 aliphatic rings. The molecule has 32 heavy (non-hydrogen) atoms. The maximum Gasteiger partial charge on any atom is 0.311 e. The van der Waals surface area contributed by atoms with Gasteiger partial charge in [0.15, 0.2) is 5.76 Å². The predicted octanol–water partition coefficient (Wildman–Crippen LogP) is 4.71. The van der Waals surface area contributed by atoms with Crippen LogP contribution in [0.15, 0.2) is 52.7 Å². The lowest BCUT2D eigenvalue weighted by molar-refractivity contribution is -0.134. The van der Waals surface area contributed by atoms with Gasteiger partial charge in [-0.15, -0.1) is 0 Å². The van der Waals surface area contributed by atoms with E-state index in [4.69, 9.17) is 18.7 Å². The molecule has 0 unspecified atom stereocenters. The lowest BCUT2D eigenvalue weighted by Gasteiger charge is -2.07. The first-order valence-corrected chi connectivity index (χ1v) is 10.3. The molecule has 0 N–H and O–H groups in total. The van der Waals surface area contributed by atoms with Gasteiger partial charge in [-0.25, -0.2) is 0 Å². The number of ketones is 1. The first-order valence-electron chi connectivity index (χ1n) is 10.3. The fourth-order valence-corrected chi connectivity index (χ4v) is 3.45. The number of fused-ring (bicyclic) bond motifs is 1. The average Bonchev–Trinajstić information content (AvgIpc) is 3.37. The van der Waals surface area contributed by atoms with E-state index < -0.39 is 5.97 Å². The van der Waals surface area contributed by atoms with Gasteiger partial charge in [-0.3, -0.25) is 9.59 Å². The molecular weight excluding hydrogens is 410 g/mol. The van der Waals surface area contributed by atoms with Crippen molar-refractivity contribution in [1.82, 2.24) is 5.16 Å². The van der Waals surface area contributed by atoms with Crippen molar-refractivity contribution in [2.24, 2.45) is 0 Å². The van der Waals surface area contributed by atoms with Crippen molar-refractivity contribution >= 4 is 17.8 Å². The van der Waals surface area contributed by atoms with E-state index in [1.165, 1.54) is 12.7 Å². The van der Waals surface area contributed by atoms with Crippen molar-refractivity contribution in [3.8, 4) is 17.4 Å². The number of carbonyl (C=O) groups is 2. The van der Waals surface area contributed by atoms with Crippen LogP contribution in [0.2, 0.25) is 0 Å². The highest BCUT2D eigenvalue weighted by atomic mass is 16.5. The number of hydrogen-bond donors (Lipinski definition) is 0. The molecule has 1 aromatic heterocycles. The smallest absolute Gasteiger partial charge is 0.311 e. The van der Waals surface area contributed by atoms with E-state index in [-0.39, 0.29) is 18.0 Å². The zero-order chi connectivity index (χ0) is 22.7. The minimum Gasteiger partial charge on any atom is -0.479 e. The molecule has 0 bridgehead atoms. The summed E-state index contributed by atoms with van der Waals surface area (Å²) in [4.78, 5) is 25.1. The fraction of sp³-hybridized carbons (Fsp3) is 0.240. The Morgan fingerprint density at radius 3 is 2.62 bits per heavy atom. The van der Waals surface area contributed by atoms with Crippen molar-refractivity contribution in [2.75, 3.05) is 7.11 Å². The first-order chi connectivity index (χ1) is 15.5. The minimum atomic E-state index is -0.434. The Labute approximate surface area is 185 Å². The van der Waals surface area contributed by atoms with Gasteiger partial charge in [0.2, 0.25) is 5.78 Å². The highest BCUT2D eigenvalue weighted by Crippen LogP contribution is 2.37. The number of hydrogen-bond acceptors (Lipinski definition) is 7. The topological polar surface area (TPSA) is 87.9 Å². The summed E-state index contributed by atoms with van der Waals surface area (Å²) in [6.07, 6.45) is 3.11. The number of ether oxygens (including phenoxy) is 3. The largest absolute Gasteiger partial charge is 0.479 e. The Morgan fingerprint density at radius 1 is 1.16 bits per heavy atom. The highest BCUT2D eigenvalue weighted by Gasteiger charge is 2.30. The van der Waals surface area contributed by atoms with Crippen LogP contribution in [0.4, 0.5) is 0 Å². The molecule has 2 aromatic carbocycles. The molecule has 0 saturated carbocycles. The van der Waals surface area contributed by atoms with E-state index in [0.717, 1.165) is 12.0 Å². The Balaban J connectivity index is 1.45. The summed E-state index contributed by atoms with van der Waals surface area (Å²) in [6, 6.07) is 12.8. The van der Waals surface area contributed by atoms with Gasteiger partial charge in [0.1, 0.15) is 17.3 Å². The standard InChI is InChI=1S/C25H23NO6/c1-4-16-5-7-17(8-6-16)12-21-25(28)24-15(2)11-19(13-20(24)31-21)30-23(27)10-9-18-14-22(29-3)26-32-18/h5-8,11-14H,4,9-10H2,1-3H3/b21-12-. The molecule has 2 heterocycles. The number of aryl methyl sites for hydroxylation is 3. The molecule has 0 aliphatic carbocycles. The zero-order valence-corrected chi connectivity index (χ0v) is 18.1. The summed E-state index contributed by atoms with van der Waals surface area (Å²) >= 11 is 0. The van der Waals surface area contributed by atoms with Crippen LogP contribution >= 0.6 is 0 Å². The van der Waals surface area contributed by atoms with Crippen LogP contribution in [-0.4, -0.2) is 24.0 Å². The molecule has 0 spiro atoms. The molecule has 0 amide bonds. The van der Waals surface area contributed by atoms with Gasteiger partial charge in [0.05, 0.1) is 19.1 Å². The minimum absolute atomic E-state index is 0.104. The number of aromatic nitrogens is 1. The summed E-state index contributed by atoms with van der Waals surface area (Å²) in [5, 5.41) is 3.70. The highest BCUT2D eigenvalue weighted by molar-refractivity contribution is 6.15. The summed E-state index contributed by atoms with van der Waals surface area (Å²) in [5.41, 5.74) is 3.26. The summed E-state index contributed by atoms with van der Waals surface area (Å²) in [5.74, 6) is 1.21. The number of benzene rings is 2. The Bertz CT molecular complexity index is 1190. The van der Waals surface area contributed by atoms with Crippen LogP contribution in [0, 0.1) is 6.92 Å². The number of esters is 1. The number of allylic oxidation sites excluding steroid dienone is 1. The third kappa shape index (κ3) is 4.56. The molecule has 3 aromatic rings. The van der Waals surface area contributed by atoms with Crippen LogP contribution in [0.3, 0.4) is 0 Å². The average molecular weight is 433 g/mol. The van der Waals surface area contributed by atoms with Gasteiger partial charge < -0.3 is 18.7 Å². The van der Waals surface area contributed by atoms with Crippen molar-refractivity contribution < 1.29 is 28.3 Å². The van der Waals surface area contributed by atoms with E-state index in [2.05, 4.69) is 12.1 Å². The maximum atomic E-state index is 12.8. The number of carbonyl (C=O) groups excluding carboxylic acids is 2. The zero-order valence-electron chi connectivity index (χ0n) is 18.1. The number of methoxy groups -OCH3 is 1. The van der Waals surface area contributed by atoms with Gasteiger partial charge in [0.25, 0.3) is 5.88 Å². The van der Waals surface area contributed by atoms with Crippen molar-refractivity contribution in [2.45, 2.75) is 33.1 Å². The molecule has 7 heteroatoms. The Morgan fingerprint density at radius 2 is 1.94 bits per heavy atom. The predicted molar refractivity (Wildman–Crippen MR) is 117 cm³/mol. The Kier molecular flexibility index (Phi) is 6.07. The first kappa shape index (κ1) is 21.4. The second-order valence-electron chi connectivity index (χ2n) is 7.46. The molecule has 0 saturated heterocycles. The van der Waals surface area contributed by atoms with Gasteiger partial charge in [0, 0.05) is 18.6 Å². The molecule has 1 aliphatic heterocycles. The monoisotopic (exact) mass is 433 g/mol. The van der Waals surface area contributed by atoms with E-state index in [1.807, 2.05) is 24.3 Å². The van der Waals surface area contributed by atoms with Crippen LogP contribution < -0.4 is 14.2 Å². The summed E-state index contributed by atoms with van der Waals surface area (Å²) < 4.78 is 21.3. The fourth-order valence-electron chi connectivity index (χ4n) is 3.45. The van der Waals surface area contributed by atoms with Crippen LogP contribution in [0.25, 0.3) is 6.08 Å². The number of Topliss-reactive ketones (excluding diaryl/α,β-unsaturated/α-hetero) is 1. The summed E-state index contributed by atoms with van der Waals surface area (Å²) in [7, 11) is 1.49.